The summed E-state index contributed by atoms with van der Waals surface area (Å²) >= 11 is 0. The summed E-state index contributed by atoms with van der Waals surface area (Å²) in [6.45, 7) is 3.03. The molecule has 2 aromatic rings. The van der Waals surface area contributed by atoms with Gasteiger partial charge in [0.2, 0.25) is 10.0 Å². The number of carbonyl (C=O) groups excluding carboxylic acids is 1. The van der Waals surface area contributed by atoms with Crippen LogP contribution in [0, 0.1) is 0 Å². The minimum atomic E-state index is -3.69. The molecule has 0 spiro atoms. The minimum absolute atomic E-state index is 0.213. The largest absolute Gasteiger partial charge is 0.494 e. The number of nitrogens with one attached hydrogen (secondary N) is 1. The van der Waals surface area contributed by atoms with Crippen LogP contribution in [-0.2, 0) is 16.4 Å². The van der Waals surface area contributed by atoms with Crippen LogP contribution in [0.4, 0.5) is 0 Å². The predicted octanol–water partition coefficient (Wildman–Crippen LogP) is 3.31. The number of rotatable bonds is 3. The number of benzene rings is 2. The first kappa shape index (κ1) is 24.7. The molecule has 7 nitrogen and oxygen atoms in total. The van der Waals surface area contributed by atoms with Crippen molar-refractivity contribution in [2.24, 2.45) is 0 Å². The number of hydrogen-bond donors (Lipinski definition) is 1. The van der Waals surface area contributed by atoms with E-state index < -0.39 is 10.0 Å². The summed E-state index contributed by atoms with van der Waals surface area (Å²) in [6, 6.07) is 14.9. The highest BCUT2D eigenvalue weighted by Crippen LogP contribution is 2.24. The van der Waals surface area contributed by atoms with Crippen LogP contribution in [0.5, 0.6) is 5.75 Å². The van der Waals surface area contributed by atoms with E-state index in [4.69, 9.17) is 4.74 Å². The fourth-order valence-electron chi connectivity index (χ4n) is 4.90. The maximum absolute atomic E-state index is 13.5. The lowest BCUT2D eigenvalue weighted by atomic mass is 9.95. The van der Waals surface area contributed by atoms with Gasteiger partial charge in [0.05, 0.1) is 11.5 Å². The molecule has 2 bridgehead atoms. The number of carbonyl (C=O) groups is 1. The summed E-state index contributed by atoms with van der Waals surface area (Å²) < 4.78 is 34.6. The number of piperidine rings is 1. The topological polar surface area (TPSA) is 79.0 Å². The highest BCUT2D eigenvalue weighted by Gasteiger charge is 2.28. The Kier molecular flexibility index (Phi) is 8.24. The zero-order valence-electron chi connectivity index (χ0n) is 19.9. The molecule has 2 heterocycles. The van der Waals surface area contributed by atoms with E-state index in [1.54, 1.807) is 23.5 Å². The van der Waals surface area contributed by atoms with Crippen molar-refractivity contribution in [1.82, 2.24) is 14.5 Å². The second-order valence-electron chi connectivity index (χ2n) is 9.08. The molecular weight excluding hydrogens is 450 g/mol. The number of fused-ring (bicyclic) bond motifs is 3. The van der Waals surface area contributed by atoms with Gasteiger partial charge in [0.15, 0.2) is 0 Å². The molecule has 4 rings (SSSR count). The summed E-state index contributed by atoms with van der Waals surface area (Å²) in [6.07, 6.45) is 6.21. The maximum atomic E-state index is 13.5. The predicted molar refractivity (Wildman–Crippen MR) is 133 cm³/mol. The molecule has 1 unspecified atom stereocenters. The van der Waals surface area contributed by atoms with Crippen molar-refractivity contribution in [2.75, 3.05) is 39.8 Å². The van der Waals surface area contributed by atoms with Crippen molar-refractivity contribution in [2.45, 2.75) is 49.5 Å². The van der Waals surface area contributed by atoms with Gasteiger partial charge in [0.25, 0.3) is 5.91 Å². The van der Waals surface area contributed by atoms with E-state index in [9.17, 15) is 13.2 Å². The molecule has 0 aliphatic carbocycles. The summed E-state index contributed by atoms with van der Waals surface area (Å²) in [5.41, 5.74) is 1.73. The molecule has 8 heteroatoms. The van der Waals surface area contributed by atoms with Gasteiger partial charge >= 0.3 is 0 Å². The molecule has 2 aliphatic rings. The Labute approximate surface area is 203 Å². The Hall–Kier alpha value is -2.42. The van der Waals surface area contributed by atoms with Gasteiger partial charge in [0.1, 0.15) is 5.75 Å². The molecule has 1 amide bonds. The van der Waals surface area contributed by atoms with Crippen molar-refractivity contribution in [3.8, 4) is 5.75 Å². The molecule has 0 aromatic heterocycles. The van der Waals surface area contributed by atoms with E-state index in [0.29, 0.717) is 37.7 Å². The van der Waals surface area contributed by atoms with E-state index in [2.05, 4.69) is 22.3 Å². The molecule has 34 heavy (non-hydrogen) atoms. The third kappa shape index (κ3) is 5.98. The van der Waals surface area contributed by atoms with Gasteiger partial charge in [-0.15, -0.1) is 0 Å². The minimum Gasteiger partial charge on any atom is -0.494 e. The van der Waals surface area contributed by atoms with Gasteiger partial charge in [-0.2, -0.15) is 4.31 Å². The van der Waals surface area contributed by atoms with Gasteiger partial charge in [-0.05, 0) is 80.6 Å². The third-order valence-corrected chi connectivity index (χ3v) is 8.77. The van der Waals surface area contributed by atoms with Crippen molar-refractivity contribution in [3.63, 3.8) is 0 Å². The van der Waals surface area contributed by atoms with Gasteiger partial charge in [-0.3, -0.25) is 9.69 Å². The Morgan fingerprint density at radius 2 is 1.79 bits per heavy atom. The number of nitrogens with zero attached hydrogens (tertiary/aromatic N) is 2. The fraction of sp³-hybridized carbons (Fsp3) is 0.500. The second kappa shape index (κ2) is 11.3. The molecule has 2 aromatic carbocycles. The van der Waals surface area contributed by atoms with Crippen LogP contribution in [0.1, 0.15) is 48.0 Å². The first-order chi connectivity index (χ1) is 16.5. The van der Waals surface area contributed by atoms with Crippen molar-refractivity contribution < 1.29 is 17.9 Å². The average Bonchev–Trinajstić information content (AvgIpc) is 2.86. The first-order valence-electron chi connectivity index (χ1n) is 12.3. The zero-order chi connectivity index (χ0) is 24.0. The smallest absolute Gasteiger partial charge is 0.251 e. The fourth-order valence-corrected chi connectivity index (χ4v) is 6.37. The lowest BCUT2D eigenvalue weighted by Crippen LogP contribution is -2.45. The van der Waals surface area contributed by atoms with E-state index in [1.807, 2.05) is 12.1 Å². The number of sulfonamides is 1. The summed E-state index contributed by atoms with van der Waals surface area (Å²) in [5.74, 6) is 0.605. The van der Waals surface area contributed by atoms with Crippen molar-refractivity contribution in [1.29, 1.82) is 0 Å². The van der Waals surface area contributed by atoms with Crippen LogP contribution in [0.2, 0.25) is 0 Å². The molecule has 1 atom stereocenters. The van der Waals surface area contributed by atoms with Crippen molar-refractivity contribution in [3.05, 3.63) is 59.7 Å². The first-order valence-corrected chi connectivity index (χ1v) is 13.7. The molecular formula is C26H35N3O4S. The van der Waals surface area contributed by atoms with Crippen LogP contribution < -0.4 is 10.1 Å². The van der Waals surface area contributed by atoms with Crippen LogP contribution >= 0.6 is 0 Å². The number of hydrogen-bond acceptors (Lipinski definition) is 5. The maximum Gasteiger partial charge on any atom is 0.251 e. The Bertz CT molecular complexity index is 1070. The summed E-state index contributed by atoms with van der Waals surface area (Å²) in [5, 5.41) is 2.56. The number of amides is 1. The second-order valence-corrected chi connectivity index (χ2v) is 11.0. The Morgan fingerprint density at radius 1 is 0.971 bits per heavy atom. The normalized spacial score (nSPS) is 21.0. The number of aryl methyl sites for hydroxylation is 1. The number of ether oxygens (including phenoxy) is 1. The van der Waals surface area contributed by atoms with Gasteiger partial charge in [-0.25, -0.2) is 8.42 Å². The lowest BCUT2D eigenvalue weighted by Gasteiger charge is -2.37. The summed E-state index contributed by atoms with van der Waals surface area (Å²) in [7, 11) is -2.13. The van der Waals surface area contributed by atoms with Crippen molar-refractivity contribution >= 4 is 15.9 Å². The van der Waals surface area contributed by atoms with Gasteiger partial charge < -0.3 is 10.1 Å². The van der Waals surface area contributed by atoms with Crippen LogP contribution in [0.15, 0.2) is 53.4 Å². The molecule has 0 saturated carbocycles. The molecule has 184 valence electrons. The Balaban J connectivity index is 1.55. The highest BCUT2D eigenvalue weighted by atomic mass is 32.2. The van der Waals surface area contributed by atoms with E-state index in [0.717, 1.165) is 44.5 Å². The molecule has 1 fully saturated rings. The molecule has 2 aliphatic heterocycles. The zero-order valence-corrected chi connectivity index (χ0v) is 20.7. The lowest BCUT2D eigenvalue weighted by molar-refractivity contribution is 0.0963. The average molecular weight is 486 g/mol. The molecule has 1 N–H and O–H groups in total. The van der Waals surface area contributed by atoms with Crippen LogP contribution in [-0.4, -0.2) is 69.4 Å². The van der Waals surface area contributed by atoms with Gasteiger partial charge in [0, 0.05) is 38.3 Å². The highest BCUT2D eigenvalue weighted by molar-refractivity contribution is 7.89. The van der Waals surface area contributed by atoms with Gasteiger partial charge in [-0.1, -0.05) is 18.6 Å². The molecule has 0 radical (unpaired) electrons. The monoisotopic (exact) mass is 485 g/mol. The van der Waals surface area contributed by atoms with E-state index >= 15 is 0 Å². The SMILES string of the molecule is CNC(=O)c1ccc(S(=O)(=O)N2CCCOc3cccc(c3)CCC3CCCCN3CC2)cc1. The third-order valence-electron chi connectivity index (χ3n) is 6.85. The van der Waals surface area contributed by atoms with Crippen LogP contribution in [0.25, 0.3) is 0 Å². The standard InChI is InChI=1S/C26H35N3O4S/c1-27-26(30)22-10-13-25(14-11-22)34(31,32)29-16-5-19-33-24-8-4-6-21(20-24)9-12-23-7-2-3-15-28(23)17-18-29/h4,6,8,10-11,13-14,20,23H,2-3,5,7,9,12,15-19H2,1H3,(H,27,30). The van der Waals surface area contributed by atoms with Crippen LogP contribution in [0.3, 0.4) is 0 Å². The Morgan fingerprint density at radius 3 is 2.59 bits per heavy atom. The summed E-state index contributed by atoms with van der Waals surface area (Å²) in [4.78, 5) is 14.5. The molecule has 1 saturated heterocycles. The van der Waals surface area contributed by atoms with E-state index in [1.165, 1.54) is 24.1 Å². The quantitative estimate of drug-likeness (QED) is 0.722. The van der Waals surface area contributed by atoms with E-state index in [-0.39, 0.29) is 10.8 Å².